The van der Waals surface area contributed by atoms with E-state index in [0.717, 1.165) is 19.6 Å². The first kappa shape index (κ1) is 18.7. The molecular weight excluding hydrogens is 356 g/mol. The standard InChI is InChI=1S/C22H28N2O2S/c1-2-27(25,26)24-15-20-13-23(14-21(20)16-24)17-22(18-9-5-3-6-10-18)19-11-7-4-8-12-19/h3-12,20-22H,2,13-17H2,1H3. The Hall–Kier alpha value is -1.69. The van der Waals surface area contributed by atoms with Crippen molar-refractivity contribution in [1.82, 2.24) is 9.21 Å². The summed E-state index contributed by atoms with van der Waals surface area (Å²) in [5.41, 5.74) is 2.69. The first-order chi connectivity index (χ1) is 13.1. The van der Waals surface area contributed by atoms with E-state index in [4.69, 9.17) is 0 Å². The van der Waals surface area contributed by atoms with Crippen molar-refractivity contribution in [3.8, 4) is 0 Å². The van der Waals surface area contributed by atoms with Crippen LogP contribution in [-0.4, -0.2) is 56.1 Å². The second kappa shape index (κ2) is 7.74. The van der Waals surface area contributed by atoms with E-state index in [-0.39, 0.29) is 5.75 Å². The summed E-state index contributed by atoms with van der Waals surface area (Å²) in [7, 11) is -3.05. The van der Waals surface area contributed by atoms with Crippen LogP contribution in [0, 0.1) is 11.8 Å². The number of likely N-dealkylation sites (tertiary alicyclic amines) is 1. The van der Waals surface area contributed by atoms with Gasteiger partial charge in [-0.05, 0) is 29.9 Å². The summed E-state index contributed by atoms with van der Waals surface area (Å²) in [6.07, 6.45) is 0. The minimum Gasteiger partial charge on any atom is -0.302 e. The van der Waals surface area contributed by atoms with E-state index in [9.17, 15) is 8.42 Å². The highest BCUT2D eigenvalue weighted by Crippen LogP contribution is 2.35. The van der Waals surface area contributed by atoms with Gasteiger partial charge in [-0.25, -0.2) is 12.7 Å². The van der Waals surface area contributed by atoms with Gasteiger partial charge in [0.05, 0.1) is 5.75 Å². The lowest BCUT2D eigenvalue weighted by molar-refractivity contribution is 0.288. The van der Waals surface area contributed by atoms with Crippen molar-refractivity contribution < 1.29 is 8.42 Å². The van der Waals surface area contributed by atoms with Gasteiger partial charge in [0.25, 0.3) is 0 Å². The molecule has 2 unspecified atom stereocenters. The fraction of sp³-hybridized carbons (Fsp3) is 0.455. The zero-order chi connectivity index (χ0) is 18.9. The number of nitrogens with zero attached hydrogens (tertiary/aromatic N) is 2. The molecule has 4 nitrogen and oxygen atoms in total. The highest BCUT2D eigenvalue weighted by atomic mass is 32.2. The van der Waals surface area contributed by atoms with Crippen LogP contribution < -0.4 is 0 Å². The summed E-state index contributed by atoms with van der Waals surface area (Å²) in [6.45, 7) is 6.10. The molecule has 0 saturated carbocycles. The predicted molar refractivity (Wildman–Crippen MR) is 109 cm³/mol. The van der Waals surface area contributed by atoms with Gasteiger partial charge in [0.15, 0.2) is 0 Å². The number of benzene rings is 2. The molecule has 2 aliphatic heterocycles. The Kier molecular flexibility index (Phi) is 5.35. The maximum atomic E-state index is 12.2. The topological polar surface area (TPSA) is 40.6 Å². The van der Waals surface area contributed by atoms with Gasteiger partial charge in [-0.2, -0.15) is 0 Å². The molecule has 0 bridgehead atoms. The van der Waals surface area contributed by atoms with Gasteiger partial charge in [0, 0.05) is 38.6 Å². The fourth-order valence-corrected chi connectivity index (χ4v) is 5.84. The number of fused-ring (bicyclic) bond motifs is 1. The van der Waals surface area contributed by atoms with Crippen LogP contribution in [0.25, 0.3) is 0 Å². The van der Waals surface area contributed by atoms with Crippen LogP contribution in [0.3, 0.4) is 0 Å². The number of hydrogen-bond acceptors (Lipinski definition) is 3. The molecule has 0 N–H and O–H groups in total. The molecule has 0 radical (unpaired) electrons. The van der Waals surface area contributed by atoms with Gasteiger partial charge in [-0.1, -0.05) is 60.7 Å². The maximum absolute atomic E-state index is 12.2. The lowest BCUT2D eigenvalue weighted by Crippen LogP contribution is -2.35. The minimum atomic E-state index is -3.05. The van der Waals surface area contributed by atoms with Crippen LogP contribution in [0.4, 0.5) is 0 Å². The average molecular weight is 385 g/mol. The van der Waals surface area contributed by atoms with Gasteiger partial charge < -0.3 is 4.90 Å². The van der Waals surface area contributed by atoms with E-state index in [1.807, 2.05) is 0 Å². The Morgan fingerprint density at radius 1 is 0.852 bits per heavy atom. The van der Waals surface area contributed by atoms with E-state index in [2.05, 4.69) is 65.6 Å². The lowest BCUT2D eigenvalue weighted by Gasteiger charge is -2.26. The third-order valence-electron chi connectivity index (χ3n) is 6.13. The monoisotopic (exact) mass is 384 g/mol. The first-order valence-electron chi connectivity index (χ1n) is 9.87. The van der Waals surface area contributed by atoms with Crippen molar-refractivity contribution in [1.29, 1.82) is 0 Å². The molecule has 4 rings (SSSR count). The van der Waals surface area contributed by atoms with E-state index in [1.165, 1.54) is 11.1 Å². The third kappa shape index (κ3) is 3.96. The second-order valence-corrected chi connectivity index (χ2v) is 10.1. The van der Waals surface area contributed by atoms with Crippen molar-refractivity contribution in [3.63, 3.8) is 0 Å². The molecule has 2 fully saturated rings. The van der Waals surface area contributed by atoms with Crippen LogP contribution in [0.5, 0.6) is 0 Å². The fourth-order valence-electron chi connectivity index (χ4n) is 4.64. The smallest absolute Gasteiger partial charge is 0.213 e. The molecule has 0 amide bonds. The van der Waals surface area contributed by atoms with Gasteiger partial charge in [-0.3, -0.25) is 0 Å². The molecule has 2 aromatic rings. The van der Waals surface area contributed by atoms with Gasteiger partial charge in [0.1, 0.15) is 0 Å². The van der Waals surface area contributed by atoms with Crippen molar-refractivity contribution in [2.75, 3.05) is 38.5 Å². The Balaban J connectivity index is 1.47. The highest BCUT2D eigenvalue weighted by Gasteiger charge is 2.43. The molecule has 0 aromatic heterocycles. The molecule has 2 atom stereocenters. The molecule has 2 aromatic carbocycles. The molecule has 0 spiro atoms. The first-order valence-corrected chi connectivity index (χ1v) is 11.5. The summed E-state index contributed by atoms with van der Waals surface area (Å²) in [6, 6.07) is 21.4. The average Bonchev–Trinajstić information content (AvgIpc) is 3.27. The number of hydrogen-bond donors (Lipinski definition) is 0. The Bertz CT molecular complexity index is 801. The summed E-state index contributed by atoms with van der Waals surface area (Å²) in [5, 5.41) is 0. The second-order valence-electron chi connectivity index (χ2n) is 7.83. The van der Waals surface area contributed by atoms with Crippen molar-refractivity contribution in [3.05, 3.63) is 71.8 Å². The minimum absolute atomic E-state index is 0.209. The third-order valence-corrected chi connectivity index (χ3v) is 7.95. The zero-order valence-corrected chi connectivity index (χ0v) is 16.7. The molecule has 2 saturated heterocycles. The maximum Gasteiger partial charge on any atom is 0.213 e. The van der Waals surface area contributed by atoms with Gasteiger partial charge >= 0.3 is 0 Å². The summed E-state index contributed by atoms with van der Waals surface area (Å²) < 4.78 is 26.1. The van der Waals surface area contributed by atoms with Crippen molar-refractivity contribution >= 4 is 10.0 Å². The van der Waals surface area contributed by atoms with Crippen LogP contribution in [0.15, 0.2) is 60.7 Å². The Morgan fingerprint density at radius 3 is 1.78 bits per heavy atom. The largest absolute Gasteiger partial charge is 0.302 e. The summed E-state index contributed by atoms with van der Waals surface area (Å²) >= 11 is 0. The van der Waals surface area contributed by atoms with E-state index >= 15 is 0 Å². The molecule has 5 heteroatoms. The summed E-state index contributed by atoms with van der Waals surface area (Å²) in [5.74, 6) is 1.50. The molecule has 2 aliphatic rings. The SMILES string of the molecule is CCS(=O)(=O)N1CC2CN(CC(c3ccccc3)c3ccccc3)CC2C1. The molecular formula is C22H28N2O2S. The predicted octanol–water partition coefficient (Wildman–Crippen LogP) is 3.03. The molecule has 27 heavy (non-hydrogen) atoms. The van der Waals surface area contributed by atoms with E-state index in [1.54, 1.807) is 11.2 Å². The zero-order valence-electron chi connectivity index (χ0n) is 15.9. The van der Waals surface area contributed by atoms with Crippen LogP contribution >= 0.6 is 0 Å². The quantitative estimate of drug-likeness (QED) is 0.769. The Morgan fingerprint density at radius 2 is 1.33 bits per heavy atom. The number of sulfonamides is 1. The van der Waals surface area contributed by atoms with E-state index in [0.29, 0.717) is 30.8 Å². The molecule has 0 aliphatic carbocycles. The summed E-state index contributed by atoms with van der Waals surface area (Å²) in [4.78, 5) is 2.54. The Labute approximate surface area is 162 Å². The normalized spacial score (nSPS) is 23.8. The van der Waals surface area contributed by atoms with E-state index < -0.39 is 10.0 Å². The van der Waals surface area contributed by atoms with Crippen LogP contribution in [0.1, 0.15) is 24.0 Å². The van der Waals surface area contributed by atoms with Crippen LogP contribution in [0.2, 0.25) is 0 Å². The van der Waals surface area contributed by atoms with Gasteiger partial charge in [-0.15, -0.1) is 0 Å². The number of rotatable bonds is 6. The van der Waals surface area contributed by atoms with Crippen molar-refractivity contribution in [2.45, 2.75) is 12.8 Å². The lowest BCUT2D eigenvalue weighted by atomic mass is 9.91. The van der Waals surface area contributed by atoms with Crippen molar-refractivity contribution in [2.24, 2.45) is 11.8 Å². The molecule has 144 valence electrons. The van der Waals surface area contributed by atoms with Crippen LogP contribution in [-0.2, 0) is 10.0 Å². The van der Waals surface area contributed by atoms with Gasteiger partial charge in [0.2, 0.25) is 10.0 Å². The molecule has 2 heterocycles. The highest BCUT2D eigenvalue weighted by molar-refractivity contribution is 7.89.